The first-order valence-corrected chi connectivity index (χ1v) is 8.13. The standard InChI is InChI=1S/C17H15NO4S/c1-3-4-13-7-10-16(17(11-13)21-2)22-23(19,20)15-8-5-14(12-18)6-9-15/h3,5-11H,1,4H2,2H3. The molecule has 2 rings (SSSR count). The first kappa shape index (κ1) is 16.6. The number of benzene rings is 2. The van der Waals surface area contributed by atoms with E-state index in [9.17, 15) is 8.42 Å². The quantitative estimate of drug-likeness (QED) is 0.601. The minimum Gasteiger partial charge on any atom is -0.493 e. The maximum Gasteiger partial charge on any atom is 0.339 e. The molecule has 0 aliphatic rings. The summed E-state index contributed by atoms with van der Waals surface area (Å²) in [5.41, 5.74) is 1.30. The Labute approximate surface area is 135 Å². The van der Waals surface area contributed by atoms with Crippen molar-refractivity contribution in [3.05, 3.63) is 66.2 Å². The van der Waals surface area contributed by atoms with E-state index in [4.69, 9.17) is 14.2 Å². The van der Waals surface area contributed by atoms with Crippen LogP contribution in [0.5, 0.6) is 11.5 Å². The van der Waals surface area contributed by atoms with Crippen molar-refractivity contribution in [2.45, 2.75) is 11.3 Å². The zero-order valence-corrected chi connectivity index (χ0v) is 13.3. The summed E-state index contributed by atoms with van der Waals surface area (Å²) in [7, 11) is -2.57. The average molecular weight is 329 g/mol. The number of allylic oxidation sites excluding steroid dienone is 1. The van der Waals surface area contributed by atoms with Gasteiger partial charge in [-0.15, -0.1) is 6.58 Å². The third-order valence-corrected chi connectivity index (χ3v) is 4.33. The molecule has 118 valence electrons. The molecule has 0 aliphatic heterocycles. The molecular formula is C17H15NO4S. The lowest BCUT2D eigenvalue weighted by atomic mass is 10.1. The number of hydrogen-bond acceptors (Lipinski definition) is 5. The number of ether oxygens (including phenoxy) is 1. The first-order chi connectivity index (χ1) is 11.0. The highest BCUT2D eigenvalue weighted by Crippen LogP contribution is 2.31. The van der Waals surface area contributed by atoms with E-state index < -0.39 is 10.1 Å². The molecular weight excluding hydrogens is 314 g/mol. The zero-order chi connectivity index (χ0) is 16.9. The SMILES string of the molecule is C=CCc1ccc(OS(=O)(=O)c2ccc(C#N)cc2)c(OC)c1. The lowest BCUT2D eigenvalue weighted by molar-refractivity contribution is 0.390. The molecule has 0 atom stereocenters. The Bertz CT molecular complexity index is 849. The monoisotopic (exact) mass is 329 g/mol. The highest BCUT2D eigenvalue weighted by atomic mass is 32.2. The van der Waals surface area contributed by atoms with Crippen LogP contribution in [-0.4, -0.2) is 15.5 Å². The average Bonchev–Trinajstić information content (AvgIpc) is 2.56. The third kappa shape index (κ3) is 3.90. The summed E-state index contributed by atoms with van der Waals surface area (Å²) in [6.45, 7) is 3.66. The Hall–Kier alpha value is -2.78. The van der Waals surface area contributed by atoms with E-state index in [1.54, 1.807) is 24.3 Å². The van der Waals surface area contributed by atoms with Gasteiger partial charge in [-0.05, 0) is 48.4 Å². The van der Waals surface area contributed by atoms with Crippen LogP contribution in [-0.2, 0) is 16.5 Å². The van der Waals surface area contributed by atoms with Gasteiger partial charge in [0, 0.05) is 0 Å². The molecule has 0 N–H and O–H groups in total. The van der Waals surface area contributed by atoms with Crippen LogP contribution >= 0.6 is 0 Å². The second kappa shape index (κ2) is 6.99. The number of hydrogen-bond donors (Lipinski definition) is 0. The van der Waals surface area contributed by atoms with Crippen molar-refractivity contribution in [2.75, 3.05) is 7.11 Å². The summed E-state index contributed by atoms with van der Waals surface area (Å²) in [5, 5.41) is 8.75. The smallest absolute Gasteiger partial charge is 0.339 e. The van der Waals surface area contributed by atoms with E-state index in [-0.39, 0.29) is 10.6 Å². The zero-order valence-electron chi connectivity index (χ0n) is 12.5. The van der Waals surface area contributed by atoms with Gasteiger partial charge in [0.1, 0.15) is 4.90 Å². The Morgan fingerprint density at radius 3 is 2.43 bits per heavy atom. The van der Waals surface area contributed by atoms with Gasteiger partial charge in [-0.3, -0.25) is 0 Å². The first-order valence-electron chi connectivity index (χ1n) is 6.72. The minimum atomic E-state index is -4.01. The number of rotatable bonds is 6. The highest BCUT2D eigenvalue weighted by Gasteiger charge is 2.19. The molecule has 5 nitrogen and oxygen atoms in total. The van der Waals surface area contributed by atoms with Crippen molar-refractivity contribution in [2.24, 2.45) is 0 Å². The van der Waals surface area contributed by atoms with Gasteiger partial charge in [-0.1, -0.05) is 12.1 Å². The lowest BCUT2D eigenvalue weighted by Crippen LogP contribution is -2.10. The van der Waals surface area contributed by atoms with Crippen LogP contribution < -0.4 is 8.92 Å². The summed E-state index contributed by atoms with van der Waals surface area (Å²) in [6.07, 6.45) is 2.38. The Morgan fingerprint density at radius 2 is 1.87 bits per heavy atom. The van der Waals surface area contributed by atoms with E-state index in [1.165, 1.54) is 31.4 Å². The molecule has 0 saturated carbocycles. The van der Waals surface area contributed by atoms with E-state index in [2.05, 4.69) is 6.58 Å². The van der Waals surface area contributed by atoms with Crippen LogP contribution in [0.4, 0.5) is 0 Å². The van der Waals surface area contributed by atoms with E-state index in [0.717, 1.165) is 5.56 Å². The van der Waals surface area contributed by atoms with Crippen molar-refractivity contribution in [1.82, 2.24) is 0 Å². The molecule has 0 fully saturated rings. The number of methoxy groups -OCH3 is 1. The molecule has 0 saturated heterocycles. The van der Waals surface area contributed by atoms with E-state index >= 15 is 0 Å². The normalized spacial score (nSPS) is 10.6. The topological polar surface area (TPSA) is 76.4 Å². The number of nitrogens with zero attached hydrogens (tertiary/aromatic N) is 1. The minimum absolute atomic E-state index is 0.0336. The fourth-order valence-corrected chi connectivity index (χ4v) is 2.88. The fraction of sp³-hybridized carbons (Fsp3) is 0.118. The largest absolute Gasteiger partial charge is 0.493 e. The molecule has 2 aromatic carbocycles. The third-order valence-electron chi connectivity index (χ3n) is 3.08. The van der Waals surface area contributed by atoms with Gasteiger partial charge in [0.05, 0.1) is 18.7 Å². The van der Waals surface area contributed by atoms with Gasteiger partial charge in [0.15, 0.2) is 11.5 Å². The fourth-order valence-electron chi connectivity index (χ4n) is 1.94. The van der Waals surface area contributed by atoms with Crippen LogP contribution in [0.15, 0.2) is 60.0 Å². The Kier molecular flexibility index (Phi) is 5.04. The van der Waals surface area contributed by atoms with E-state index in [1.807, 2.05) is 6.07 Å². The summed E-state index contributed by atoms with van der Waals surface area (Å²) >= 11 is 0. The molecule has 6 heteroatoms. The van der Waals surface area contributed by atoms with Gasteiger partial charge in [0.2, 0.25) is 0 Å². The predicted octanol–water partition coefficient (Wildman–Crippen LogP) is 3.06. The molecule has 0 radical (unpaired) electrons. The highest BCUT2D eigenvalue weighted by molar-refractivity contribution is 7.87. The summed E-state index contributed by atoms with van der Waals surface area (Å²) in [5.74, 6) is 0.422. The van der Waals surface area contributed by atoms with Crippen LogP contribution in [0.25, 0.3) is 0 Å². The van der Waals surface area contributed by atoms with Gasteiger partial charge in [-0.2, -0.15) is 13.7 Å². The molecule has 0 bridgehead atoms. The van der Waals surface area contributed by atoms with Crippen molar-refractivity contribution < 1.29 is 17.3 Å². The molecule has 0 aromatic heterocycles. The Morgan fingerprint density at radius 1 is 1.17 bits per heavy atom. The molecule has 0 amide bonds. The maximum atomic E-state index is 12.3. The van der Waals surface area contributed by atoms with Gasteiger partial charge < -0.3 is 8.92 Å². The van der Waals surface area contributed by atoms with Gasteiger partial charge in [0.25, 0.3) is 0 Å². The molecule has 2 aromatic rings. The van der Waals surface area contributed by atoms with Crippen LogP contribution in [0.3, 0.4) is 0 Å². The Balaban J connectivity index is 2.32. The van der Waals surface area contributed by atoms with Crippen LogP contribution in [0.1, 0.15) is 11.1 Å². The molecule has 0 spiro atoms. The lowest BCUT2D eigenvalue weighted by Gasteiger charge is -2.12. The van der Waals surface area contributed by atoms with Crippen LogP contribution in [0, 0.1) is 11.3 Å². The summed E-state index contributed by atoms with van der Waals surface area (Å²) < 4.78 is 34.9. The summed E-state index contributed by atoms with van der Waals surface area (Å²) in [4.78, 5) is -0.0336. The number of nitriles is 1. The molecule has 0 aliphatic carbocycles. The van der Waals surface area contributed by atoms with Crippen molar-refractivity contribution >= 4 is 10.1 Å². The van der Waals surface area contributed by atoms with Crippen LogP contribution in [0.2, 0.25) is 0 Å². The second-order valence-corrected chi connectivity index (χ2v) is 6.20. The van der Waals surface area contributed by atoms with E-state index in [0.29, 0.717) is 17.7 Å². The van der Waals surface area contributed by atoms with Gasteiger partial charge >= 0.3 is 10.1 Å². The second-order valence-electron chi connectivity index (χ2n) is 4.65. The predicted molar refractivity (Wildman–Crippen MR) is 85.9 cm³/mol. The van der Waals surface area contributed by atoms with Crippen molar-refractivity contribution in [3.63, 3.8) is 0 Å². The summed E-state index contributed by atoms with van der Waals surface area (Å²) in [6, 6.07) is 12.4. The van der Waals surface area contributed by atoms with Crippen molar-refractivity contribution in [1.29, 1.82) is 5.26 Å². The van der Waals surface area contributed by atoms with Gasteiger partial charge in [-0.25, -0.2) is 0 Å². The molecule has 23 heavy (non-hydrogen) atoms. The van der Waals surface area contributed by atoms with Crippen molar-refractivity contribution in [3.8, 4) is 17.6 Å². The molecule has 0 heterocycles. The molecule has 0 unspecified atom stereocenters. The maximum absolute atomic E-state index is 12.3.